The molecular formula is C19H29NOS. The maximum atomic E-state index is 12.3. The third-order valence-corrected chi connectivity index (χ3v) is 5.49. The zero-order valence-electron chi connectivity index (χ0n) is 14.4. The van der Waals surface area contributed by atoms with E-state index in [4.69, 9.17) is 0 Å². The lowest BCUT2D eigenvalue weighted by molar-refractivity contribution is -0.117. The summed E-state index contributed by atoms with van der Waals surface area (Å²) < 4.78 is 0. The van der Waals surface area contributed by atoms with E-state index in [1.165, 1.54) is 24.2 Å². The summed E-state index contributed by atoms with van der Waals surface area (Å²) in [5, 5.41) is 0. The average Bonchev–Trinajstić information content (AvgIpc) is 2.84. The lowest BCUT2D eigenvalue weighted by Crippen LogP contribution is -2.34. The van der Waals surface area contributed by atoms with Crippen molar-refractivity contribution >= 4 is 23.4 Å². The molecule has 0 unspecified atom stereocenters. The molecule has 0 aliphatic carbocycles. The number of amides is 1. The van der Waals surface area contributed by atoms with Crippen LogP contribution in [0.1, 0.15) is 58.9 Å². The van der Waals surface area contributed by atoms with Gasteiger partial charge in [-0.1, -0.05) is 46.2 Å². The Labute approximate surface area is 139 Å². The van der Waals surface area contributed by atoms with Crippen LogP contribution in [0, 0.1) is 0 Å². The van der Waals surface area contributed by atoms with Crippen LogP contribution in [0.25, 0.3) is 0 Å². The van der Waals surface area contributed by atoms with E-state index >= 15 is 0 Å². The highest BCUT2D eigenvalue weighted by Gasteiger charge is 2.32. The van der Waals surface area contributed by atoms with Gasteiger partial charge in [-0.15, -0.1) is 0 Å². The number of benzene rings is 1. The maximum absolute atomic E-state index is 12.3. The highest BCUT2D eigenvalue weighted by atomic mass is 32.2. The fraction of sp³-hybridized carbons (Fsp3) is 0.632. The molecule has 1 heterocycles. The summed E-state index contributed by atoms with van der Waals surface area (Å²) in [4.78, 5) is 14.3. The first-order valence-corrected chi connectivity index (χ1v) is 9.59. The first-order valence-electron chi connectivity index (χ1n) is 8.44. The molecule has 2 nitrogen and oxygen atoms in total. The van der Waals surface area contributed by atoms with Crippen molar-refractivity contribution in [3.05, 3.63) is 29.8 Å². The van der Waals surface area contributed by atoms with Crippen LogP contribution >= 0.6 is 11.8 Å². The van der Waals surface area contributed by atoms with Crippen molar-refractivity contribution in [2.24, 2.45) is 0 Å². The molecule has 122 valence electrons. The number of nitrogens with zero attached hydrogens (tertiary/aromatic N) is 1. The summed E-state index contributed by atoms with van der Waals surface area (Å²) in [6.45, 7) is 8.88. The number of carbonyl (C=O) groups is 1. The van der Waals surface area contributed by atoms with Crippen molar-refractivity contribution in [3.8, 4) is 0 Å². The minimum absolute atomic E-state index is 0.156. The van der Waals surface area contributed by atoms with Crippen LogP contribution in [0.4, 0.5) is 5.69 Å². The van der Waals surface area contributed by atoms with E-state index in [9.17, 15) is 4.79 Å². The molecule has 1 atom stereocenters. The number of unbranched alkanes of at least 4 members (excludes halogenated alkanes) is 1. The standard InChI is InChI=1S/C19H29NOS/c1-5-6-13-22-14-17-11-12-18(21)20(17)16-9-7-15(8-10-16)19(2,3)4/h7-10,17H,5-6,11-14H2,1-4H3/t17-/m0/s1. The highest BCUT2D eigenvalue weighted by molar-refractivity contribution is 7.99. The molecule has 0 bridgehead atoms. The van der Waals surface area contributed by atoms with E-state index < -0.39 is 0 Å². The number of carbonyl (C=O) groups excluding carboxylic acids is 1. The molecular weight excluding hydrogens is 290 g/mol. The molecule has 1 aromatic carbocycles. The molecule has 3 heteroatoms. The van der Waals surface area contributed by atoms with Gasteiger partial charge in [-0.2, -0.15) is 11.8 Å². The topological polar surface area (TPSA) is 20.3 Å². The molecule has 1 aliphatic rings. The van der Waals surface area contributed by atoms with Crippen molar-refractivity contribution in [1.29, 1.82) is 0 Å². The molecule has 1 fully saturated rings. The number of thioether (sulfide) groups is 1. The predicted molar refractivity (Wildman–Crippen MR) is 97.9 cm³/mol. The lowest BCUT2D eigenvalue weighted by Gasteiger charge is -2.26. The Morgan fingerprint density at radius 2 is 1.91 bits per heavy atom. The third-order valence-electron chi connectivity index (χ3n) is 4.29. The highest BCUT2D eigenvalue weighted by Crippen LogP contribution is 2.31. The Balaban J connectivity index is 2.05. The molecule has 2 rings (SSSR count). The predicted octanol–water partition coefficient (Wildman–Crippen LogP) is 5.01. The Kier molecular flexibility index (Phi) is 5.96. The van der Waals surface area contributed by atoms with Gasteiger partial charge in [0.25, 0.3) is 0 Å². The second kappa shape index (κ2) is 7.54. The Morgan fingerprint density at radius 3 is 2.50 bits per heavy atom. The molecule has 0 aromatic heterocycles. The smallest absolute Gasteiger partial charge is 0.227 e. The number of hydrogen-bond acceptors (Lipinski definition) is 2. The second-order valence-electron chi connectivity index (χ2n) is 7.18. The van der Waals surface area contributed by atoms with Crippen LogP contribution in [-0.2, 0) is 10.2 Å². The number of hydrogen-bond donors (Lipinski definition) is 0. The molecule has 0 saturated carbocycles. The van der Waals surface area contributed by atoms with Crippen LogP contribution in [0.15, 0.2) is 24.3 Å². The third kappa shape index (κ3) is 4.28. The molecule has 0 radical (unpaired) electrons. The largest absolute Gasteiger partial charge is 0.309 e. The fourth-order valence-corrected chi connectivity index (χ4v) is 4.09. The molecule has 0 N–H and O–H groups in total. The monoisotopic (exact) mass is 319 g/mol. The SMILES string of the molecule is CCCCSC[C@@H]1CCC(=O)N1c1ccc(C(C)(C)C)cc1. The van der Waals surface area contributed by atoms with E-state index in [1.54, 1.807) is 0 Å². The zero-order valence-corrected chi connectivity index (χ0v) is 15.2. The van der Waals surface area contributed by atoms with Gasteiger partial charge in [-0.05, 0) is 41.7 Å². The van der Waals surface area contributed by atoms with Gasteiger partial charge in [0, 0.05) is 23.9 Å². The van der Waals surface area contributed by atoms with E-state index in [1.807, 2.05) is 16.7 Å². The quantitative estimate of drug-likeness (QED) is 0.687. The van der Waals surface area contributed by atoms with Crippen molar-refractivity contribution in [2.45, 2.75) is 64.8 Å². The summed E-state index contributed by atoms with van der Waals surface area (Å²) in [6.07, 6.45) is 4.21. The van der Waals surface area contributed by atoms with Gasteiger partial charge in [-0.25, -0.2) is 0 Å². The summed E-state index contributed by atoms with van der Waals surface area (Å²) in [6, 6.07) is 8.95. The van der Waals surface area contributed by atoms with Gasteiger partial charge in [0.2, 0.25) is 5.91 Å². The first-order chi connectivity index (χ1) is 10.4. The van der Waals surface area contributed by atoms with Gasteiger partial charge >= 0.3 is 0 Å². The van der Waals surface area contributed by atoms with Crippen LogP contribution in [-0.4, -0.2) is 23.5 Å². The number of anilines is 1. The minimum Gasteiger partial charge on any atom is -0.309 e. The van der Waals surface area contributed by atoms with Gasteiger partial charge in [0.15, 0.2) is 0 Å². The van der Waals surface area contributed by atoms with Crippen molar-refractivity contribution in [3.63, 3.8) is 0 Å². The average molecular weight is 320 g/mol. The van der Waals surface area contributed by atoms with E-state index in [0.29, 0.717) is 12.5 Å². The summed E-state index contributed by atoms with van der Waals surface area (Å²) in [7, 11) is 0. The fourth-order valence-electron chi connectivity index (χ4n) is 2.84. The molecule has 0 spiro atoms. The van der Waals surface area contributed by atoms with Crippen molar-refractivity contribution in [1.82, 2.24) is 0 Å². The van der Waals surface area contributed by atoms with Crippen LogP contribution < -0.4 is 4.90 Å². The number of rotatable bonds is 6. The van der Waals surface area contributed by atoms with E-state index in [-0.39, 0.29) is 11.3 Å². The van der Waals surface area contributed by atoms with E-state index in [2.05, 4.69) is 52.0 Å². The second-order valence-corrected chi connectivity index (χ2v) is 8.33. The van der Waals surface area contributed by atoms with Crippen molar-refractivity contribution in [2.75, 3.05) is 16.4 Å². The summed E-state index contributed by atoms with van der Waals surface area (Å²) in [5.41, 5.74) is 2.54. The normalized spacial score (nSPS) is 19.0. The molecule has 1 aliphatic heterocycles. The van der Waals surface area contributed by atoms with Gasteiger partial charge in [0.05, 0.1) is 0 Å². The van der Waals surface area contributed by atoms with Crippen LogP contribution in [0.5, 0.6) is 0 Å². The molecule has 22 heavy (non-hydrogen) atoms. The van der Waals surface area contributed by atoms with E-state index in [0.717, 1.165) is 17.9 Å². The molecule has 1 aromatic rings. The summed E-state index contributed by atoms with van der Waals surface area (Å²) in [5.74, 6) is 2.55. The van der Waals surface area contributed by atoms with Gasteiger partial charge in [-0.3, -0.25) is 4.79 Å². The van der Waals surface area contributed by atoms with Crippen molar-refractivity contribution < 1.29 is 4.79 Å². The Hall–Kier alpha value is -0.960. The minimum atomic E-state index is 0.156. The summed E-state index contributed by atoms with van der Waals surface area (Å²) >= 11 is 1.99. The van der Waals surface area contributed by atoms with Crippen LogP contribution in [0.3, 0.4) is 0 Å². The van der Waals surface area contributed by atoms with Gasteiger partial charge < -0.3 is 4.90 Å². The Bertz CT molecular complexity index is 489. The zero-order chi connectivity index (χ0) is 16.2. The lowest BCUT2D eigenvalue weighted by atomic mass is 9.87. The van der Waals surface area contributed by atoms with Crippen LogP contribution in [0.2, 0.25) is 0 Å². The molecule has 1 saturated heterocycles. The first kappa shape index (κ1) is 17.4. The van der Waals surface area contributed by atoms with Gasteiger partial charge in [0.1, 0.15) is 0 Å². The Morgan fingerprint density at radius 1 is 1.23 bits per heavy atom. The maximum Gasteiger partial charge on any atom is 0.227 e. The molecule has 1 amide bonds.